The van der Waals surface area contributed by atoms with Crippen LogP contribution in [0.25, 0.3) is 0 Å². The van der Waals surface area contributed by atoms with Crippen molar-refractivity contribution < 1.29 is 53.7 Å². The lowest BCUT2D eigenvalue weighted by Gasteiger charge is -2.46. The Labute approximate surface area is 287 Å². The first-order valence-electron chi connectivity index (χ1n) is 17.7. The van der Waals surface area contributed by atoms with Crippen LogP contribution in [0.3, 0.4) is 0 Å². The number of carbonyl (C=O) groups excluding carboxylic acids is 1. The monoisotopic (exact) mass is 688 g/mol. The Kier molecular flexibility index (Phi) is 15.1. The second-order valence-corrected chi connectivity index (χ2v) is 15.1. The summed E-state index contributed by atoms with van der Waals surface area (Å²) in [5.74, 6) is -3.24. The lowest BCUT2D eigenvalue weighted by Crippen LogP contribution is -2.57. The number of likely N-dealkylation sites (N-methyl/N-ethyl adjacent to an activating group) is 1. The minimum absolute atomic E-state index is 0.178. The molecule has 3 aliphatic rings. The van der Waals surface area contributed by atoms with E-state index in [0.29, 0.717) is 18.6 Å². The van der Waals surface area contributed by atoms with Gasteiger partial charge >= 0.3 is 5.97 Å². The molecule has 3 saturated heterocycles. The van der Waals surface area contributed by atoms with Gasteiger partial charge in [0.2, 0.25) is 0 Å². The van der Waals surface area contributed by atoms with Crippen LogP contribution in [-0.4, -0.2) is 132 Å². The Hall–Kier alpha value is -1.42. The molecule has 3 rings (SSSR count). The summed E-state index contributed by atoms with van der Waals surface area (Å²) in [5, 5.41) is 47.2. The Morgan fingerprint density at radius 2 is 1.42 bits per heavy atom. The van der Waals surface area contributed by atoms with Crippen molar-refractivity contribution in [3.63, 3.8) is 0 Å². The number of aliphatic hydroxyl groups is 3. The number of oxime groups is 1. The Balaban J connectivity index is 2.09. The molecule has 280 valence electrons. The molecule has 4 N–H and O–H groups in total. The van der Waals surface area contributed by atoms with Gasteiger partial charge in [-0.2, -0.15) is 0 Å². The lowest BCUT2D eigenvalue weighted by molar-refractivity contribution is -0.298. The molecular formula is C35H64N2O11. The quantitative estimate of drug-likeness (QED) is 0.183. The van der Waals surface area contributed by atoms with Gasteiger partial charge in [-0.05, 0) is 66.5 Å². The van der Waals surface area contributed by atoms with Crippen molar-refractivity contribution >= 4 is 11.7 Å². The highest BCUT2D eigenvalue weighted by molar-refractivity contribution is 5.88. The molecule has 13 heteroatoms. The van der Waals surface area contributed by atoms with E-state index in [2.05, 4.69) is 5.16 Å². The van der Waals surface area contributed by atoms with Gasteiger partial charge < -0.3 is 53.8 Å². The van der Waals surface area contributed by atoms with Gasteiger partial charge in [0.05, 0.1) is 48.3 Å². The van der Waals surface area contributed by atoms with Crippen molar-refractivity contribution in [2.45, 2.75) is 155 Å². The number of rotatable bonds is 6. The normalized spacial score (nSPS) is 48.2. The van der Waals surface area contributed by atoms with Crippen LogP contribution in [0.2, 0.25) is 0 Å². The SMILES string of the molecule is CO[C@H]1C[C@H](O[C@H]2[C@H](C)[C@@H](O[C@@H]3O[C@H](C)C[C@H](N(C)C)[C@H]3O)[C@@H](C)CC(C)/C(=N\O)[C@H](C)[C@@H](O)[C@@H](C)[C@@H](C)OC(=O)[C@@H]2C)O[C@@H](C)[C@@H]1O. The predicted molar refractivity (Wildman–Crippen MR) is 178 cm³/mol. The number of carbonyl (C=O) groups is 1. The molecule has 18 atom stereocenters. The first kappa shape index (κ1) is 41.0. The summed E-state index contributed by atoms with van der Waals surface area (Å²) in [6, 6.07) is -0.198. The molecule has 0 spiro atoms. The third-order valence-corrected chi connectivity index (χ3v) is 11.2. The van der Waals surface area contributed by atoms with Crippen molar-refractivity contribution in [3.8, 4) is 0 Å². The van der Waals surface area contributed by atoms with E-state index in [-0.39, 0.29) is 30.4 Å². The highest BCUT2D eigenvalue weighted by Gasteiger charge is 2.47. The minimum atomic E-state index is -0.959. The molecule has 0 aliphatic carbocycles. The van der Waals surface area contributed by atoms with Crippen LogP contribution in [0.4, 0.5) is 0 Å². The van der Waals surface area contributed by atoms with Crippen LogP contribution in [0.15, 0.2) is 5.16 Å². The van der Waals surface area contributed by atoms with Crippen LogP contribution in [0, 0.1) is 35.5 Å². The standard InChI is InChI=1S/C35H64N2O11/c1-16-13-17(2)32(48-35-31(40)25(37(10)11)14-18(3)44-35)21(6)33(47-27-15-26(43-12)30(39)24(9)45-27)22(7)34(41)46-23(8)19(4)29(38)20(5)28(16)36-42/h16-27,29-33,35,38-40,42H,13-15H2,1-12H3/b36-28+/t16?,17-,18+,19-,20-,21+,22+,23+,24-,25-,26-,27-,29-,30-,31+,32-,33-,35-/m0/s1. The van der Waals surface area contributed by atoms with E-state index in [0.717, 1.165) is 0 Å². The molecular weight excluding hydrogens is 624 g/mol. The van der Waals surface area contributed by atoms with Gasteiger partial charge in [0.15, 0.2) is 12.6 Å². The van der Waals surface area contributed by atoms with Crippen molar-refractivity contribution in [1.29, 1.82) is 0 Å². The van der Waals surface area contributed by atoms with Gasteiger partial charge in [0.1, 0.15) is 18.3 Å². The molecule has 0 aromatic heterocycles. The highest BCUT2D eigenvalue weighted by atomic mass is 16.7. The van der Waals surface area contributed by atoms with Crippen molar-refractivity contribution in [2.75, 3.05) is 21.2 Å². The highest BCUT2D eigenvalue weighted by Crippen LogP contribution is 2.37. The zero-order valence-electron chi connectivity index (χ0n) is 31.1. The van der Waals surface area contributed by atoms with Gasteiger partial charge in [-0.1, -0.05) is 39.8 Å². The van der Waals surface area contributed by atoms with E-state index >= 15 is 0 Å². The summed E-state index contributed by atoms with van der Waals surface area (Å²) in [6.45, 7) is 16.7. The predicted octanol–water partition coefficient (Wildman–Crippen LogP) is 3.04. The maximum absolute atomic E-state index is 13.9. The van der Waals surface area contributed by atoms with Gasteiger partial charge in [0, 0.05) is 37.3 Å². The van der Waals surface area contributed by atoms with E-state index in [4.69, 9.17) is 28.4 Å². The number of nitrogens with zero attached hydrogens (tertiary/aromatic N) is 2. The molecule has 0 aromatic carbocycles. The summed E-state index contributed by atoms with van der Waals surface area (Å²) in [5.41, 5.74) is 0.438. The van der Waals surface area contributed by atoms with Crippen LogP contribution in [-0.2, 0) is 33.2 Å². The van der Waals surface area contributed by atoms with E-state index < -0.39 is 91.1 Å². The zero-order valence-corrected chi connectivity index (χ0v) is 31.1. The summed E-state index contributed by atoms with van der Waals surface area (Å²) in [7, 11) is 5.35. The molecule has 0 amide bonds. The average Bonchev–Trinajstić information content (AvgIpc) is 3.03. The number of methoxy groups -OCH3 is 1. The molecule has 3 fully saturated rings. The van der Waals surface area contributed by atoms with Crippen LogP contribution in [0.5, 0.6) is 0 Å². The fourth-order valence-electron chi connectivity index (χ4n) is 7.87. The molecule has 0 saturated carbocycles. The smallest absolute Gasteiger partial charge is 0.311 e. The van der Waals surface area contributed by atoms with Gasteiger partial charge in [-0.25, -0.2) is 0 Å². The number of hydrogen-bond donors (Lipinski definition) is 4. The van der Waals surface area contributed by atoms with Crippen molar-refractivity contribution in [3.05, 3.63) is 0 Å². The Morgan fingerprint density at radius 1 is 0.771 bits per heavy atom. The van der Waals surface area contributed by atoms with E-state index in [1.165, 1.54) is 7.11 Å². The lowest BCUT2D eigenvalue weighted by atomic mass is 9.76. The molecule has 0 bridgehead atoms. The Bertz CT molecular complexity index is 1050. The topological polar surface area (TPSA) is 169 Å². The fourth-order valence-corrected chi connectivity index (χ4v) is 7.87. The van der Waals surface area contributed by atoms with Crippen LogP contribution >= 0.6 is 0 Å². The average molecular weight is 689 g/mol. The Morgan fingerprint density at radius 3 is 2.00 bits per heavy atom. The van der Waals surface area contributed by atoms with E-state index in [1.54, 1.807) is 20.8 Å². The molecule has 1 unspecified atom stereocenters. The van der Waals surface area contributed by atoms with Crippen LogP contribution < -0.4 is 0 Å². The number of ether oxygens (including phenoxy) is 6. The summed E-state index contributed by atoms with van der Waals surface area (Å²) < 4.78 is 37.2. The number of aliphatic hydroxyl groups excluding tert-OH is 3. The summed E-state index contributed by atoms with van der Waals surface area (Å²) in [4.78, 5) is 15.8. The van der Waals surface area contributed by atoms with E-state index in [9.17, 15) is 25.3 Å². The number of esters is 1. The van der Waals surface area contributed by atoms with Gasteiger partial charge in [0.25, 0.3) is 0 Å². The number of hydrogen-bond acceptors (Lipinski definition) is 13. The second kappa shape index (κ2) is 17.7. The van der Waals surface area contributed by atoms with Gasteiger partial charge in [-0.15, -0.1) is 0 Å². The van der Waals surface area contributed by atoms with Crippen LogP contribution in [0.1, 0.15) is 81.6 Å². The molecule has 48 heavy (non-hydrogen) atoms. The van der Waals surface area contributed by atoms with E-state index in [1.807, 2.05) is 60.5 Å². The summed E-state index contributed by atoms with van der Waals surface area (Å²) >= 11 is 0. The van der Waals surface area contributed by atoms with Gasteiger partial charge in [-0.3, -0.25) is 4.79 Å². The van der Waals surface area contributed by atoms with Crippen molar-refractivity contribution in [2.24, 2.45) is 40.7 Å². The second-order valence-electron chi connectivity index (χ2n) is 15.1. The first-order valence-corrected chi connectivity index (χ1v) is 17.7. The fraction of sp³-hybridized carbons (Fsp3) is 0.943. The first-order chi connectivity index (χ1) is 22.4. The zero-order chi connectivity index (χ0) is 36.2. The van der Waals surface area contributed by atoms with Crippen molar-refractivity contribution in [1.82, 2.24) is 4.90 Å². The molecule has 3 heterocycles. The molecule has 0 radical (unpaired) electrons. The third kappa shape index (κ3) is 9.46. The third-order valence-electron chi connectivity index (χ3n) is 11.2. The summed E-state index contributed by atoms with van der Waals surface area (Å²) in [6.07, 6.45) is -6.47. The largest absolute Gasteiger partial charge is 0.462 e. The number of cyclic esters (lactones) is 1. The molecule has 3 aliphatic heterocycles. The maximum atomic E-state index is 13.9. The molecule has 13 nitrogen and oxygen atoms in total. The maximum Gasteiger partial charge on any atom is 0.311 e. The minimum Gasteiger partial charge on any atom is -0.462 e. The molecule has 0 aromatic rings.